The monoisotopic (exact) mass is 330 g/mol. The lowest BCUT2D eigenvalue weighted by molar-refractivity contribution is -0.116. The Morgan fingerprint density at radius 3 is 2.39 bits per heavy atom. The third-order valence-electron chi connectivity index (χ3n) is 3.74. The van der Waals surface area contributed by atoms with Gasteiger partial charge in [-0.25, -0.2) is 9.29 Å². The topological polar surface area (TPSA) is 49.4 Å². The zero-order valence-electron chi connectivity index (χ0n) is 12.7. The maximum atomic E-state index is 12.9. The van der Waals surface area contributed by atoms with Gasteiger partial charge >= 0.3 is 0 Å². The summed E-state index contributed by atoms with van der Waals surface area (Å²) in [5.41, 5.74) is 3.27. The second-order valence-electron chi connectivity index (χ2n) is 5.36. The lowest BCUT2D eigenvalue weighted by Gasteiger charge is -2.16. The fourth-order valence-electron chi connectivity index (χ4n) is 2.30. The van der Waals surface area contributed by atoms with Crippen LogP contribution in [0.1, 0.15) is 11.1 Å². The van der Waals surface area contributed by atoms with Gasteiger partial charge in [0.2, 0.25) is 0 Å². The number of benzene rings is 2. The molecule has 1 aliphatic heterocycles. The van der Waals surface area contributed by atoms with E-state index in [4.69, 9.17) is 0 Å². The van der Waals surface area contributed by atoms with E-state index in [1.165, 1.54) is 29.2 Å². The number of imide groups is 1. The minimum absolute atomic E-state index is 0.321. The van der Waals surface area contributed by atoms with E-state index in [0.29, 0.717) is 11.4 Å². The summed E-state index contributed by atoms with van der Waals surface area (Å²) in [5, 5.41) is 1.92. The van der Waals surface area contributed by atoms with Gasteiger partial charge in [0.15, 0.2) is 5.37 Å². The van der Waals surface area contributed by atoms with Crippen LogP contribution in [0.2, 0.25) is 0 Å². The van der Waals surface area contributed by atoms with Gasteiger partial charge in [0.25, 0.3) is 11.1 Å². The Morgan fingerprint density at radius 1 is 1.04 bits per heavy atom. The summed E-state index contributed by atoms with van der Waals surface area (Å²) >= 11 is 0.918. The molecule has 2 aromatic rings. The molecule has 0 aliphatic carbocycles. The van der Waals surface area contributed by atoms with Gasteiger partial charge in [-0.15, -0.1) is 0 Å². The number of anilines is 2. The van der Waals surface area contributed by atoms with Gasteiger partial charge in [-0.3, -0.25) is 9.59 Å². The molecule has 6 heteroatoms. The van der Waals surface area contributed by atoms with Crippen molar-refractivity contribution in [3.8, 4) is 0 Å². The summed E-state index contributed by atoms with van der Waals surface area (Å²) < 4.78 is 12.9. The molecular formula is C17H15FN2O2S. The van der Waals surface area contributed by atoms with Gasteiger partial charge in [0, 0.05) is 5.69 Å². The maximum absolute atomic E-state index is 12.9. The first kappa shape index (κ1) is 15.6. The van der Waals surface area contributed by atoms with Crippen molar-refractivity contribution in [3.63, 3.8) is 0 Å². The van der Waals surface area contributed by atoms with E-state index in [-0.39, 0.29) is 17.0 Å². The van der Waals surface area contributed by atoms with Crippen molar-refractivity contribution in [2.75, 3.05) is 10.2 Å². The molecule has 0 bridgehead atoms. The van der Waals surface area contributed by atoms with Gasteiger partial charge in [-0.1, -0.05) is 6.07 Å². The second kappa shape index (κ2) is 6.04. The van der Waals surface area contributed by atoms with Crippen molar-refractivity contribution >= 4 is 34.3 Å². The summed E-state index contributed by atoms with van der Waals surface area (Å²) in [6.07, 6.45) is 0. The average molecular weight is 330 g/mol. The zero-order valence-corrected chi connectivity index (χ0v) is 13.5. The molecule has 118 valence electrons. The Labute approximate surface area is 137 Å². The molecule has 1 saturated heterocycles. The van der Waals surface area contributed by atoms with Crippen LogP contribution in [0.5, 0.6) is 0 Å². The molecule has 1 heterocycles. The van der Waals surface area contributed by atoms with Crippen LogP contribution in [0.4, 0.5) is 20.6 Å². The number of nitrogens with one attached hydrogen (secondary N) is 1. The summed E-state index contributed by atoms with van der Waals surface area (Å²) in [5.74, 6) is -0.679. The first-order chi connectivity index (χ1) is 11.0. The Bertz CT molecular complexity index is 777. The highest BCUT2D eigenvalue weighted by molar-refractivity contribution is 8.16. The summed E-state index contributed by atoms with van der Waals surface area (Å²) in [4.78, 5) is 25.9. The molecule has 2 amide bonds. The van der Waals surface area contributed by atoms with Gasteiger partial charge in [0.05, 0.1) is 5.69 Å². The van der Waals surface area contributed by atoms with Gasteiger partial charge in [0.1, 0.15) is 5.82 Å². The standard InChI is InChI=1S/C17H15FN2O2S/c1-10-3-8-14(9-11(10)2)20-16(21)15(23-17(20)22)19-13-6-4-12(18)5-7-13/h3-9,15,19H,1-2H3. The Balaban J connectivity index is 1.82. The van der Waals surface area contributed by atoms with E-state index in [1.54, 1.807) is 6.07 Å². The van der Waals surface area contributed by atoms with Crippen molar-refractivity contribution in [1.82, 2.24) is 0 Å². The van der Waals surface area contributed by atoms with E-state index in [1.807, 2.05) is 26.0 Å². The van der Waals surface area contributed by atoms with Gasteiger partial charge < -0.3 is 5.32 Å². The lowest BCUT2D eigenvalue weighted by Crippen LogP contribution is -2.34. The Morgan fingerprint density at radius 2 is 1.74 bits per heavy atom. The smallest absolute Gasteiger partial charge is 0.295 e. The number of halogens is 1. The first-order valence-corrected chi connectivity index (χ1v) is 7.97. The number of aryl methyl sites for hydroxylation is 2. The van der Waals surface area contributed by atoms with Crippen molar-refractivity contribution in [2.45, 2.75) is 19.2 Å². The normalized spacial score (nSPS) is 17.7. The van der Waals surface area contributed by atoms with Gasteiger partial charge in [-0.05, 0) is 73.1 Å². The molecule has 1 unspecified atom stereocenters. The van der Waals surface area contributed by atoms with Crippen LogP contribution in [0.25, 0.3) is 0 Å². The summed E-state index contributed by atoms with van der Waals surface area (Å²) in [6, 6.07) is 11.1. The molecule has 2 aromatic carbocycles. The molecular weight excluding hydrogens is 315 g/mol. The predicted molar refractivity (Wildman–Crippen MR) is 90.2 cm³/mol. The Hall–Kier alpha value is -2.34. The summed E-state index contributed by atoms with van der Waals surface area (Å²) in [7, 11) is 0. The Kier molecular flexibility index (Phi) is 4.09. The maximum Gasteiger partial charge on any atom is 0.295 e. The predicted octanol–water partition coefficient (Wildman–Crippen LogP) is 4.08. The molecule has 3 rings (SSSR count). The molecule has 4 nitrogen and oxygen atoms in total. The largest absolute Gasteiger partial charge is 0.365 e. The highest BCUT2D eigenvalue weighted by Crippen LogP contribution is 2.33. The fourth-order valence-corrected chi connectivity index (χ4v) is 3.20. The minimum Gasteiger partial charge on any atom is -0.365 e. The highest BCUT2D eigenvalue weighted by Gasteiger charge is 2.40. The minimum atomic E-state index is -0.713. The van der Waals surface area contributed by atoms with Crippen molar-refractivity contribution in [1.29, 1.82) is 0 Å². The van der Waals surface area contributed by atoms with E-state index < -0.39 is 5.37 Å². The molecule has 23 heavy (non-hydrogen) atoms. The third kappa shape index (κ3) is 3.07. The van der Waals surface area contributed by atoms with Crippen LogP contribution in [0, 0.1) is 19.7 Å². The molecule has 0 saturated carbocycles. The molecule has 1 N–H and O–H groups in total. The molecule has 0 aromatic heterocycles. The van der Waals surface area contributed by atoms with Crippen molar-refractivity contribution in [2.24, 2.45) is 0 Å². The lowest BCUT2D eigenvalue weighted by atomic mass is 10.1. The van der Waals surface area contributed by atoms with E-state index >= 15 is 0 Å². The van der Waals surface area contributed by atoms with E-state index in [2.05, 4.69) is 5.32 Å². The van der Waals surface area contributed by atoms with E-state index in [9.17, 15) is 14.0 Å². The first-order valence-electron chi connectivity index (χ1n) is 7.09. The molecule has 0 radical (unpaired) electrons. The quantitative estimate of drug-likeness (QED) is 0.921. The van der Waals surface area contributed by atoms with Gasteiger partial charge in [-0.2, -0.15) is 0 Å². The number of amides is 2. The van der Waals surface area contributed by atoms with Crippen LogP contribution < -0.4 is 10.2 Å². The summed E-state index contributed by atoms with van der Waals surface area (Å²) in [6.45, 7) is 3.91. The molecule has 1 atom stereocenters. The molecule has 1 fully saturated rings. The highest BCUT2D eigenvalue weighted by atomic mass is 32.2. The van der Waals surface area contributed by atoms with Crippen molar-refractivity contribution < 1.29 is 14.0 Å². The third-order valence-corrected chi connectivity index (χ3v) is 4.68. The second-order valence-corrected chi connectivity index (χ2v) is 6.41. The average Bonchev–Trinajstić information content (AvgIpc) is 2.79. The fraction of sp³-hybridized carbons (Fsp3) is 0.176. The number of thioether (sulfide) groups is 1. The molecule has 0 spiro atoms. The van der Waals surface area contributed by atoms with Crippen LogP contribution in [-0.2, 0) is 4.79 Å². The van der Waals surface area contributed by atoms with Crippen molar-refractivity contribution in [3.05, 3.63) is 59.4 Å². The molecule has 1 aliphatic rings. The van der Waals surface area contributed by atoms with E-state index in [0.717, 1.165) is 22.9 Å². The number of hydrogen-bond acceptors (Lipinski definition) is 4. The van der Waals surface area contributed by atoms with Crippen LogP contribution in [0.15, 0.2) is 42.5 Å². The SMILES string of the molecule is Cc1ccc(N2C(=O)SC(Nc3ccc(F)cc3)C2=O)cc1C. The number of hydrogen-bond donors (Lipinski definition) is 1. The zero-order chi connectivity index (χ0) is 16.6. The number of carbonyl (C=O) groups is 2. The van der Waals surface area contributed by atoms with Crippen LogP contribution in [0.3, 0.4) is 0 Å². The van der Waals surface area contributed by atoms with Crippen LogP contribution in [-0.4, -0.2) is 16.5 Å². The number of carbonyl (C=O) groups excluding carboxylic acids is 2. The number of nitrogens with zero attached hydrogens (tertiary/aromatic N) is 1. The van der Waals surface area contributed by atoms with Crippen LogP contribution >= 0.6 is 11.8 Å². The number of rotatable bonds is 3.